The molecule has 0 aliphatic heterocycles. The van der Waals surface area contributed by atoms with E-state index in [0.29, 0.717) is 19.3 Å². The molecule has 0 radical (unpaired) electrons. The Bertz CT molecular complexity index is 670. The molecule has 25 heavy (non-hydrogen) atoms. The van der Waals surface area contributed by atoms with Crippen molar-refractivity contribution >= 4 is 5.78 Å². The van der Waals surface area contributed by atoms with Crippen molar-refractivity contribution in [2.45, 2.75) is 70.8 Å². The number of allylic oxidation sites excluding steroid dienone is 4. The predicted octanol–water partition coefficient (Wildman–Crippen LogP) is 3.35. The number of alkyl halides is 1. The lowest BCUT2D eigenvalue weighted by molar-refractivity contribution is -0.206. The number of hydrogen-bond acceptors (Lipinski definition) is 3. The Morgan fingerprint density at radius 1 is 1.32 bits per heavy atom. The summed E-state index contributed by atoms with van der Waals surface area (Å²) in [7, 11) is 0. The van der Waals surface area contributed by atoms with Gasteiger partial charge in [-0.1, -0.05) is 25.5 Å². The van der Waals surface area contributed by atoms with E-state index in [1.165, 1.54) is 6.08 Å². The zero-order valence-corrected chi connectivity index (χ0v) is 15.3. The molecular weight excluding hydrogens is 319 g/mol. The zero-order valence-electron chi connectivity index (χ0n) is 15.3. The van der Waals surface area contributed by atoms with Gasteiger partial charge in [0.15, 0.2) is 11.5 Å². The van der Waals surface area contributed by atoms with E-state index in [0.717, 1.165) is 18.4 Å². The SMILES string of the molecule is CC[C@]12C[C@H](O)[C@@]3(F)[C@@H](CCC4=CC(=O)C=C[C@@]43C)[C@@H]1C[C@@H](C)[C@H]2O. The molecule has 3 saturated carbocycles. The number of carbonyl (C=O) groups excluding carboxylic acids is 1. The molecule has 8 atom stereocenters. The third kappa shape index (κ3) is 1.90. The van der Waals surface area contributed by atoms with E-state index in [1.54, 1.807) is 12.2 Å². The minimum atomic E-state index is -1.78. The van der Waals surface area contributed by atoms with Crippen molar-refractivity contribution in [2.75, 3.05) is 0 Å². The average molecular weight is 348 g/mol. The Kier molecular flexibility index (Phi) is 3.66. The van der Waals surface area contributed by atoms with Crippen molar-refractivity contribution < 1.29 is 19.4 Å². The van der Waals surface area contributed by atoms with Crippen LogP contribution >= 0.6 is 0 Å². The molecule has 2 N–H and O–H groups in total. The first-order valence-electron chi connectivity index (χ1n) is 9.70. The number of carbonyl (C=O) groups is 1. The highest BCUT2D eigenvalue weighted by atomic mass is 19.1. The maximum absolute atomic E-state index is 16.7. The van der Waals surface area contributed by atoms with Gasteiger partial charge in [0.25, 0.3) is 0 Å². The van der Waals surface area contributed by atoms with E-state index in [9.17, 15) is 15.0 Å². The van der Waals surface area contributed by atoms with Crippen LogP contribution in [0.25, 0.3) is 0 Å². The fourth-order valence-electron chi connectivity index (χ4n) is 6.94. The van der Waals surface area contributed by atoms with E-state index < -0.39 is 23.3 Å². The smallest absolute Gasteiger partial charge is 0.178 e. The Labute approximate surface area is 149 Å². The minimum Gasteiger partial charge on any atom is -0.392 e. The van der Waals surface area contributed by atoms with Crippen LogP contribution in [0.2, 0.25) is 0 Å². The normalized spacial score (nSPS) is 54.6. The summed E-state index contributed by atoms with van der Waals surface area (Å²) in [5.74, 6) is -0.156. The van der Waals surface area contributed by atoms with Crippen molar-refractivity contribution in [3.05, 3.63) is 23.8 Å². The van der Waals surface area contributed by atoms with Crippen molar-refractivity contribution in [1.29, 1.82) is 0 Å². The highest BCUT2D eigenvalue weighted by Gasteiger charge is 2.71. The first-order chi connectivity index (χ1) is 11.7. The Hall–Kier alpha value is -1.00. The van der Waals surface area contributed by atoms with E-state index in [4.69, 9.17) is 0 Å². The minimum absolute atomic E-state index is 0.0836. The van der Waals surface area contributed by atoms with Crippen molar-refractivity contribution in [3.63, 3.8) is 0 Å². The highest BCUT2D eigenvalue weighted by molar-refractivity contribution is 6.01. The molecule has 4 rings (SSSR count). The van der Waals surface area contributed by atoms with E-state index in [1.807, 2.05) is 13.8 Å². The topological polar surface area (TPSA) is 57.5 Å². The van der Waals surface area contributed by atoms with Crippen LogP contribution < -0.4 is 0 Å². The number of hydrogen-bond donors (Lipinski definition) is 2. The molecule has 0 bridgehead atoms. The number of fused-ring (bicyclic) bond motifs is 5. The van der Waals surface area contributed by atoms with E-state index in [2.05, 4.69) is 6.92 Å². The maximum Gasteiger partial charge on any atom is 0.178 e. The maximum atomic E-state index is 16.7. The van der Waals surface area contributed by atoms with Gasteiger partial charge in [-0.05, 0) is 63.0 Å². The van der Waals surface area contributed by atoms with Crippen molar-refractivity contribution in [1.82, 2.24) is 0 Å². The quantitative estimate of drug-likeness (QED) is 0.764. The van der Waals surface area contributed by atoms with Crippen LogP contribution in [0.5, 0.6) is 0 Å². The van der Waals surface area contributed by atoms with Crippen LogP contribution in [0, 0.1) is 28.6 Å². The van der Waals surface area contributed by atoms with Gasteiger partial charge in [-0.3, -0.25) is 4.79 Å². The molecule has 3 fully saturated rings. The molecule has 0 aromatic carbocycles. The second kappa shape index (κ2) is 5.26. The molecule has 0 heterocycles. The van der Waals surface area contributed by atoms with Crippen LogP contribution in [0.3, 0.4) is 0 Å². The first-order valence-corrected chi connectivity index (χ1v) is 9.70. The highest BCUT2D eigenvalue weighted by Crippen LogP contribution is 2.69. The molecule has 4 aliphatic carbocycles. The molecule has 0 aromatic heterocycles. The molecule has 4 aliphatic rings. The molecule has 4 heteroatoms. The Balaban J connectivity index is 1.84. The standard InChI is InChI=1S/C21H29FO3/c1-4-20-11-17(24)21(22)15(16(20)9-12(2)18(20)25)6-5-13-10-14(23)7-8-19(13,21)3/h7-8,10,12,15-18,24-25H,4-6,9,11H2,1-3H3/t12-,15+,16+,17+,18-,19+,20+,21+/m1/s1. The largest absolute Gasteiger partial charge is 0.392 e. The van der Waals surface area contributed by atoms with E-state index in [-0.39, 0.29) is 29.0 Å². The van der Waals surface area contributed by atoms with E-state index >= 15 is 4.39 Å². The molecule has 0 saturated heterocycles. The summed E-state index contributed by atoms with van der Waals surface area (Å²) >= 11 is 0. The lowest BCUT2D eigenvalue weighted by Gasteiger charge is -2.62. The van der Waals surface area contributed by atoms with Gasteiger partial charge in [0.2, 0.25) is 0 Å². The summed E-state index contributed by atoms with van der Waals surface area (Å²) in [6.45, 7) is 5.94. The molecule has 0 spiro atoms. The zero-order chi connectivity index (χ0) is 18.2. The van der Waals surface area contributed by atoms with Gasteiger partial charge in [-0.2, -0.15) is 0 Å². The summed E-state index contributed by atoms with van der Waals surface area (Å²) in [5, 5.41) is 21.9. The summed E-state index contributed by atoms with van der Waals surface area (Å²) in [5.41, 5.74) is -2.28. The van der Waals surface area contributed by atoms with Crippen LogP contribution in [-0.4, -0.2) is 33.9 Å². The lowest BCUT2D eigenvalue weighted by atomic mass is 9.45. The number of halogens is 1. The molecule has 0 aromatic rings. The van der Waals surface area contributed by atoms with Crippen LogP contribution in [-0.2, 0) is 4.79 Å². The Morgan fingerprint density at radius 3 is 2.72 bits per heavy atom. The van der Waals surface area contributed by atoms with Crippen LogP contribution in [0.1, 0.15) is 52.9 Å². The van der Waals surface area contributed by atoms with Crippen LogP contribution in [0.15, 0.2) is 23.8 Å². The molecule has 0 unspecified atom stereocenters. The summed E-state index contributed by atoms with van der Waals surface area (Å²) in [4.78, 5) is 11.8. The number of aliphatic hydroxyl groups is 2. The van der Waals surface area contributed by atoms with Crippen LogP contribution in [0.4, 0.5) is 4.39 Å². The van der Waals surface area contributed by atoms with Gasteiger partial charge < -0.3 is 10.2 Å². The lowest BCUT2D eigenvalue weighted by Crippen LogP contribution is -2.67. The third-order valence-corrected chi connectivity index (χ3v) is 8.32. The number of aliphatic hydroxyl groups excluding tert-OH is 2. The molecule has 0 amide bonds. The monoisotopic (exact) mass is 348 g/mol. The third-order valence-electron chi connectivity index (χ3n) is 8.32. The van der Waals surface area contributed by atoms with Gasteiger partial charge in [0.05, 0.1) is 12.2 Å². The Morgan fingerprint density at radius 2 is 2.04 bits per heavy atom. The predicted molar refractivity (Wildman–Crippen MR) is 93.5 cm³/mol. The fourth-order valence-corrected chi connectivity index (χ4v) is 6.94. The first kappa shape index (κ1) is 17.4. The number of ketones is 1. The van der Waals surface area contributed by atoms with Gasteiger partial charge >= 0.3 is 0 Å². The fraction of sp³-hybridized carbons (Fsp3) is 0.762. The van der Waals surface area contributed by atoms with Crippen molar-refractivity contribution in [3.8, 4) is 0 Å². The van der Waals surface area contributed by atoms with Crippen molar-refractivity contribution in [2.24, 2.45) is 28.6 Å². The summed E-state index contributed by atoms with van der Waals surface area (Å²) < 4.78 is 16.7. The molecular formula is C21H29FO3. The number of rotatable bonds is 1. The second-order valence-corrected chi connectivity index (χ2v) is 9.09. The summed E-state index contributed by atoms with van der Waals surface area (Å²) in [6, 6.07) is 0. The molecule has 3 nitrogen and oxygen atoms in total. The average Bonchev–Trinajstić information content (AvgIpc) is 2.82. The van der Waals surface area contributed by atoms with Gasteiger partial charge in [-0.25, -0.2) is 4.39 Å². The van der Waals surface area contributed by atoms with Gasteiger partial charge in [0.1, 0.15) is 0 Å². The second-order valence-electron chi connectivity index (χ2n) is 9.09. The van der Waals surface area contributed by atoms with Gasteiger partial charge in [-0.15, -0.1) is 0 Å². The van der Waals surface area contributed by atoms with Gasteiger partial charge in [0, 0.05) is 16.7 Å². The molecule has 138 valence electrons. The summed E-state index contributed by atoms with van der Waals surface area (Å²) in [6.07, 6.45) is 6.32.